The molecule has 88 valence electrons. The molecule has 1 aliphatic heterocycles. The quantitative estimate of drug-likeness (QED) is 0.845. The van der Waals surface area contributed by atoms with Crippen molar-refractivity contribution in [3.05, 3.63) is 24.3 Å². The fourth-order valence-electron chi connectivity index (χ4n) is 2.12. The van der Waals surface area contributed by atoms with Gasteiger partial charge in [-0.25, -0.2) is 0 Å². The van der Waals surface area contributed by atoms with Gasteiger partial charge in [0.2, 0.25) is 0 Å². The molecule has 1 aromatic rings. The van der Waals surface area contributed by atoms with Gasteiger partial charge in [0, 0.05) is 13.1 Å². The molecule has 1 atom stereocenters. The maximum Gasteiger partial charge on any atom is 0.143 e. The summed E-state index contributed by atoms with van der Waals surface area (Å²) in [6, 6.07) is 8.19. The van der Waals surface area contributed by atoms with Crippen molar-refractivity contribution in [3.8, 4) is 5.75 Å². The highest BCUT2D eigenvalue weighted by atomic mass is 16.5. The average molecular weight is 220 g/mol. The Morgan fingerprint density at radius 2 is 2.19 bits per heavy atom. The standard InChI is InChI=1S/C13H20N2O/c1-10(2)8-15-9-11(7-14)16-13-6-4-3-5-12(13)15/h3-6,10-11H,7-9,14H2,1-2H3. The van der Waals surface area contributed by atoms with Crippen LogP contribution in [0.5, 0.6) is 5.75 Å². The number of rotatable bonds is 3. The zero-order chi connectivity index (χ0) is 11.5. The maximum absolute atomic E-state index is 5.83. The zero-order valence-electron chi connectivity index (χ0n) is 10.0. The number of hydrogen-bond acceptors (Lipinski definition) is 3. The van der Waals surface area contributed by atoms with E-state index >= 15 is 0 Å². The van der Waals surface area contributed by atoms with Crippen molar-refractivity contribution in [1.82, 2.24) is 0 Å². The number of ether oxygens (including phenoxy) is 1. The lowest BCUT2D eigenvalue weighted by molar-refractivity contribution is 0.199. The van der Waals surface area contributed by atoms with Crippen LogP contribution in [-0.4, -0.2) is 25.7 Å². The highest BCUT2D eigenvalue weighted by molar-refractivity contribution is 5.60. The van der Waals surface area contributed by atoms with Crippen LogP contribution in [0.1, 0.15) is 13.8 Å². The summed E-state index contributed by atoms with van der Waals surface area (Å²) in [5.74, 6) is 1.61. The van der Waals surface area contributed by atoms with Gasteiger partial charge in [-0.15, -0.1) is 0 Å². The number of benzene rings is 1. The molecule has 0 saturated carbocycles. The van der Waals surface area contributed by atoms with Crippen molar-refractivity contribution in [2.24, 2.45) is 11.7 Å². The van der Waals surface area contributed by atoms with E-state index in [1.54, 1.807) is 0 Å². The second kappa shape index (κ2) is 4.74. The zero-order valence-corrected chi connectivity index (χ0v) is 10.0. The number of nitrogens with two attached hydrogens (primary N) is 1. The van der Waals surface area contributed by atoms with E-state index in [2.05, 4.69) is 30.9 Å². The van der Waals surface area contributed by atoms with Gasteiger partial charge in [-0.1, -0.05) is 26.0 Å². The first kappa shape index (κ1) is 11.3. The Morgan fingerprint density at radius 3 is 2.88 bits per heavy atom. The van der Waals surface area contributed by atoms with E-state index in [1.807, 2.05) is 12.1 Å². The predicted octanol–water partition coefficient (Wildman–Crippen LogP) is 1.87. The van der Waals surface area contributed by atoms with Crippen LogP contribution in [-0.2, 0) is 0 Å². The third kappa shape index (κ3) is 2.30. The first-order valence-corrected chi connectivity index (χ1v) is 5.91. The van der Waals surface area contributed by atoms with Crippen LogP contribution in [0.4, 0.5) is 5.69 Å². The Labute approximate surface area is 97.2 Å². The molecule has 0 fully saturated rings. The fourth-order valence-corrected chi connectivity index (χ4v) is 2.12. The van der Waals surface area contributed by atoms with Gasteiger partial charge in [0.05, 0.1) is 12.2 Å². The molecule has 1 unspecified atom stereocenters. The number of fused-ring (bicyclic) bond motifs is 1. The van der Waals surface area contributed by atoms with Gasteiger partial charge in [0.1, 0.15) is 11.9 Å². The minimum Gasteiger partial charge on any atom is -0.485 e. The van der Waals surface area contributed by atoms with Crippen LogP contribution >= 0.6 is 0 Å². The molecule has 1 aromatic carbocycles. The molecule has 16 heavy (non-hydrogen) atoms. The van der Waals surface area contributed by atoms with E-state index in [9.17, 15) is 0 Å². The summed E-state index contributed by atoms with van der Waals surface area (Å²) in [4.78, 5) is 2.38. The molecule has 0 aliphatic carbocycles. The lowest BCUT2D eigenvalue weighted by Gasteiger charge is -2.36. The summed E-state index contributed by atoms with van der Waals surface area (Å²) in [6.07, 6.45) is 0.119. The minimum absolute atomic E-state index is 0.119. The molecule has 1 heterocycles. The van der Waals surface area contributed by atoms with Gasteiger partial charge >= 0.3 is 0 Å². The van der Waals surface area contributed by atoms with Gasteiger partial charge in [-0.05, 0) is 18.1 Å². The lowest BCUT2D eigenvalue weighted by atomic mass is 10.1. The molecule has 2 N–H and O–H groups in total. The van der Waals surface area contributed by atoms with Gasteiger partial charge in [-0.2, -0.15) is 0 Å². The molecule has 0 spiro atoms. The van der Waals surface area contributed by atoms with Crippen LogP contribution in [0.2, 0.25) is 0 Å². The summed E-state index contributed by atoms with van der Waals surface area (Å²) in [7, 11) is 0. The molecule has 1 aliphatic rings. The van der Waals surface area contributed by atoms with Crippen LogP contribution in [0.25, 0.3) is 0 Å². The number of nitrogens with zero attached hydrogens (tertiary/aromatic N) is 1. The Morgan fingerprint density at radius 1 is 1.44 bits per heavy atom. The molecule has 2 rings (SSSR count). The van der Waals surface area contributed by atoms with E-state index < -0.39 is 0 Å². The van der Waals surface area contributed by atoms with Crippen molar-refractivity contribution in [3.63, 3.8) is 0 Å². The number of para-hydroxylation sites is 2. The predicted molar refractivity (Wildman–Crippen MR) is 67.0 cm³/mol. The van der Waals surface area contributed by atoms with Crippen LogP contribution in [0, 0.1) is 5.92 Å². The SMILES string of the molecule is CC(C)CN1CC(CN)Oc2ccccc21. The largest absolute Gasteiger partial charge is 0.485 e. The van der Waals surface area contributed by atoms with E-state index in [4.69, 9.17) is 10.5 Å². The summed E-state index contributed by atoms with van der Waals surface area (Å²) in [5, 5.41) is 0. The van der Waals surface area contributed by atoms with Crippen molar-refractivity contribution >= 4 is 5.69 Å². The van der Waals surface area contributed by atoms with Gasteiger partial charge < -0.3 is 15.4 Å². The molecule has 0 aromatic heterocycles. The van der Waals surface area contributed by atoms with Gasteiger partial charge in [0.15, 0.2) is 0 Å². The Balaban J connectivity index is 2.24. The summed E-state index contributed by atoms with van der Waals surface area (Å²) < 4.78 is 5.83. The smallest absolute Gasteiger partial charge is 0.143 e. The second-order valence-corrected chi connectivity index (χ2v) is 4.74. The Hall–Kier alpha value is -1.22. The maximum atomic E-state index is 5.83. The van der Waals surface area contributed by atoms with Crippen LogP contribution in [0.3, 0.4) is 0 Å². The highest BCUT2D eigenvalue weighted by Gasteiger charge is 2.24. The molecule has 0 amide bonds. The van der Waals surface area contributed by atoms with E-state index in [1.165, 1.54) is 5.69 Å². The summed E-state index contributed by atoms with van der Waals surface area (Å²) in [6.45, 7) is 6.98. The number of anilines is 1. The Bertz CT molecular complexity index is 352. The third-order valence-electron chi connectivity index (χ3n) is 2.77. The normalized spacial score (nSPS) is 19.5. The average Bonchev–Trinajstić information content (AvgIpc) is 2.28. The molecule has 0 saturated heterocycles. The first-order valence-electron chi connectivity index (χ1n) is 5.91. The van der Waals surface area contributed by atoms with Crippen molar-refractivity contribution in [2.75, 3.05) is 24.5 Å². The molecule has 0 radical (unpaired) electrons. The molecule has 0 bridgehead atoms. The molecule has 3 nitrogen and oxygen atoms in total. The van der Waals surface area contributed by atoms with Gasteiger partial charge in [0.25, 0.3) is 0 Å². The Kier molecular flexibility index (Phi) is 3.34. The fraction of sp³-hybridized carbons (Fsp3) is 0.538. The van der Waals surface area contributed by atoms with E-state index in [-0.39, 0.29) is 6.10 Å². The highest BCUT2D eigenvalue weighted by Crippen LogP contribution is 2.33. The van der Waals surface area contributed by atoms with Crippen LogP contribution < -0.4 is 15.4 Å². The van der Waals surface area contributed by atoms with Crippen molar-refractivity contribution in [1.29, 1.82) is 0 Å². The number of hydrogen-bond donors (Lipinski definition) is 1. The molecular formula is C13H20N2O. The molecule has 3 heteroatoms. The monoisotopic (exact) mass is 220 g/mol. The van der Waals surface area contributed by atoms with E-state index in [0.717, 1.165) is 18.8 Å². The van der Waals surface area contributed by atoms with Crippen molar-refractivity contribution < 1.29 is 4.74 Å². The van der Waals surface area contributed by atoms with Crippen molar-refractivity contribution in [2.45, 2.75) is 20.0 Å². The minimum atomic E-state index is 0.119. The summed E-state index contributed by atoms with van der Waals surface area (Å²) >= 11 is 0. The third-order valence-corrected chi connectivity index (χ3v) is 2.77. The van der Waals surface area contributed by atoms with Gasteiger partial charge in [-0.3, -0.25) is 0 Å². The second-order valence-electron chi connectivity index (χ2n) is 4.74. The molecular weight excluding hydrogens is 200 g/mol. The topological polar surface area (TPSA) is 38.5 Å². The van der Waals surface area contributed by atoms with Crippen LogP contribution in [0.15, 0.2) is 24.3 Å². The first-order chi connectivity index (χ1) is 7.70. The lowest BCUT2D eigenvalue weighted by Crippen LogP contribution is -2.45. The van der Waals surface area contributed by atoms with E-state index in [0.29, 0.717) is 12.5 Å². The summed E-state index contributed by atoms with van der Waals surface area (Å²) in [5.41, 5.74) is 6.90.